The predicted molar refractivity (Wildman–Crippen MR) is 53.1 cm³/mol. The second-order valence-corrected chi connectivity index (χ2v) is 5.72. The summed E-state index contributed by atoms with van der Waals surface area (Å²) in [6.45, 7) is 0.211. The Morgan fingerprint density at radius 3 is 2.57 bits per heavy atom. The molecular formula is C7H12BrF2NO2S. The van der Waals surface area contributed by atoms with Crippen molar-refractivity contribution in [2.24, 2.45) is 0 Å². The van der Waals surface area contributed by atoms with Gasteiger partial charge in [0.15, 0.2) is 0 Å². The maximum Gasteiger partial charge on any atom is 0.350 e. The van der Waals surface area contributed by atoms with Crippen LogP contribution in [0.1, 0.15) is 19.3 Å². The number of sulfonamides is 1. The minimum atomic E-state index is -4.39. The summed E-state index contributed by atoms with van der Waals surface area (Å²) in [5, 5.41) is 0.416. The number of piperidine rings is 1. The molecular weight excluding hydrogens is 280 g/mol. The van der Waals surface area contributed by atoms with Crippen LogP contribution in [0.2, 0.25) is 0 Å². The average molecular weight is 292 g/mol. The van der Waals surface area contributed by atoms with Crippen molar-refractivity contribution in [3.63, 3.8) is 0 Å². The Bertz CT molecular complexity index is 283. The summed E-state index contributed by atoms with van der Waals surface area (Å²) in [4.78, 5) is 0. The third-order valence-electron chi connectivity index (χ3n) is 2.30. The fourth-order valence-electron chi connectivity index (χ4n) is 1.57. The SMILES string of the molecule is O=S(=O)(C(F)F)N1CCCCC1CBr. The van der Waals surface area contributed by atoms with Crippen LogP contribution in [0.5, 0.6) is 0 Å². The van der Waals surface area contributed by atoms with Gasteiger partial charge in [0, 0.05) is 17.9 Å². The molecule has 0 aliphatic carbocycles. The maximum absolute atomic E-state index is 12.3. The molecule has 14 heavy (non-hydrogen) atoms. The molecule has 1 aliphatic rings. The molecule has 7 heteroatoms. The number of rotatable bonds is 3. The van der Waals surface area contributed by atoms with E-state index in [9.17, 15) is 17.2 Å². The lowest BCUT2D eigenvalue weighted by molar-refractivity contribution is 0.199. The van der Waals surface area contributed by atoms with E-state index in [1.807, 2.05) is 0 Å². The molecule has 0 aromatic heterocycles. The first-order valence-electron chi connectivity index (χ1n) is 4.35. The van der Waals surface area contributed by atoms with Crippen LogP contribution >= 0.6 is 15.9 Å². The quantitative estimate of drug-likeness (QED) is 0.744. The molecule has 1 aliphatic heterocycles. The topological polar surface area (TPSA) is 37.4 Å². The normalized spacial score (nSPS) is 25.6. The zero-order chi connectivity index (χ0) is 10.8. The molecule has 0 aromatic rings. The summed E-state index contributed by atoms with van der Waals surface area (Å²) in [6, 6.07) is -0.317. The van der Waals surface area contributed by atoms with Crippen molar-refractivity contribution in [3.8, 4) is 0 Å². The summed E-state index contributed by atoms with van der Waals surface area (Å²) >= 11 is 3.14. The largest absolute Gasteiger partial charge is 0.350 e. The highest BCUT2D eigenvalue weighted by Crippen LogP contribution is 2.24. The van der Waals surface area contributed by atoms with Gasteiger partial charge in [0.1, 0.15) is 0 Å². The van der Waals surface area contributed by atoms with Gasteiger partial charge in [-0.15, -0.1) is 0 Å². The summed E-state index contributed by atoms with van der Waals surface area (Å²) < 4.78 is 47.9. The molecule has 1 atom stereocenters. The minimum absolute atomic E-state index is 0.211. The summed E-state index contributed by atoms with van der Waals surface area (Å²) in [6.07, 6.45) is 2.21. The minimum Gasteiger partial charge on any atom is -0.206 e. The standard InChI is InChI=1S/C7H12BrF2NO2S/c8-5-6-3-1-2-4-11(6)14(12,13)7(9)10/h6-7H,1-5H2. The van der Waals surface area contributed by atoms with Crippen molar-refractivity contribution >= 4 is 26.0 Å². The van der Waals surface area contributed by atoms with E-state index >= 15 is 0 Å². The van der Waals surface area contributed by atoms with Crippen molar-refractivity contribution in [2.75, 3.05) is 11.9 Å². The average Bonchev–Trinajstić information content (AvgIpc) is 2.17. The molecule has 84 valence electrons. The highest BCUT2D eigenvalue weighted by atomic mass is 79.9. The van der Waals surface area contributed by atoms with Crippen LogP contribution in [0.3, 0.4) is 0 Å². The van der Waals surface area contributed by atoms with Crippen molar-refractivity contribution in [3.05, 3.63) is 0 Å². The Balaban J connectivity index is 2.83. The van der Waals surface area contributed by atoms with Crippen LogP contribution in [-0.4, -0.2) is 36.4 Å². The zero-order valence-corrected chi connectivity index (χ0v) is 9.90. The van der Waals surface area contributed by atoms with E-state index in [0.717, 1.165) is 10.7 Å². The molecule has 0 bridgehead atoms. The van der Waals surface area contributed by atoms with Crippen LogP contribution in [0, 0.1) is 0 Å². The highest BCUT2D eigenvalue weighted by molar-refractivity contribution is 9.09. The monoisotopic (exact) mass is 291 g/mol. The van der Waals surface area contributed by atoms with Gasteiger partial charge in [-0.05, 0) is 12.8 Å². The van der Waals surface area contributed by atoms with Crippen molar-refractivity contribution in [1.82, 2.24) is 4.31 Å². The second kappa shape index (κ2) is 4.85. The van der Waals surface area contributed by atoms with E-state index in [1.54, 1.807) is 0 Å². The van der Waals surface area contributed by atoms with E-state index in [4.69, 9.17) is 0 Å². The number of hydrogen-bond donors (Lipinski definition) is 0. The van der Waals surface area contributed by atoms with Crippen LogP contribution in [0.25, 0.3) is 0 Å². The molecule has 0 radical (unpaired) electrons. The van der Waals surface area contributed by atoms with Gasteiger partial charge in [0.05, 0.1) is 0 Å². The first-order chi connectivity index (χ1) is 6.50. The first kappa shape index (κ1) is 12.3. The number of nitrogens with zero attached hydrogens (tertiary/aromatic N) is 1. The van der Waals surface area contributed by atoms with E-state index in [-0.39, 0.29) is 12.6 Å². The van der Waals surface area contributed by atoms with Gasteiger partial charge < -0.3 is 0 Å². The molecule has 0 spiro atoms. The smallest absolute Gasteiger partial charge is 0.206 e. The van der Waals surface area contributed by atoms with Crippen LogP contribution in [-0.2, 0) is 10.0 Å². The summed E-state index contributed by atoms with van der Waals surface area (Å²) in [5.74, 6) is -3.30. The molecule has 3 nitrogen and oxygen atoms in total. The molecule has 1 rings (SSSR count). The third kappa shape index (κ3) is 2.43. The van der Waals surface area contributed by atoms with Gasteiger partial charge in [-0.3, -0.25) is 0 Å². The molecule has 1 unspecified atom stereocenters. The van der Waals surface area contributed by atoms with Crippen LogP contribution in [0.4, 0.5) is 8.78 Å². The van der Waals surface area contributed by atoms with E-state index in [2.05, 4.69) is 15.9 Å². The number of halogens is 3. The Labute approximate surface area is 90.6 Å². The van der Waals surface area contributed by atoms with Crippen molar-refractivity contribution in [2.45, 2.75) is 31.1 Å². The zero-order valence-electron chi connectivity index (χ0n) is 7.50. The molecule has 0 amide bonds. The predicted octanol–water partition coefficient (Wildman–Crippen LogP) is 1.79. The maximum atomic E-state index is 12.3. The van der Waals surface area contributed by atoms with Gasteiger partial charge in [-0.2, -0.15) is 13.1 Å². The van der Waals surface area contributed by atoms with Crippen LogP contribution < -0.4 is 0 Å². The lowest BCUT2D eigenvalue weighted by Gasteiger charge is -2.33. The summed E-state index contributed by atoms with van der Waals surface area (Å²) in [7, 11) is -4.39. The Kier molecular flexibility index (Phi) is 4.27. The Morgan fingerprint density at radius 2 is 2.07 bits per heavy atom. The van der Waals surface area contributed by atoms with Crippen LogP contribution in [0.15, 0.2) is 0 Å². The van der Waals surface area contributed by atoms with Gasteiger partial charge in [0.2, 0.25) is 0 Å². The lowest BCUT2D eigenvalue weighted by Crippen LogP contribution is -2.46. The molecule has 1 heterocycles. The van der Waals surface area contributed by atoms with E-state index in [1.165, 1.54) is 0 Å². The molecule has 1 fully saturated rings. The number of alkyl halides is 3. The molecule has 0 N–H and O–H groups in total. The summed E-state index contributed by atoms with van der Waals surface area (Å²) in [5.41, 5.74) is 0. The van der Waals surface area contributed by atoms with Crippen molar-refractivity contribution < 1.29 is 17.2 Å². The number of hydrogen-bond acceptors (Lipinski definition) is 2. The fraction of sp³-hybridized carbons (Fsp3) is 1.00. The van der Waals surface area contributed by atoms with Gasteiger partial charge in [-0.25, -0.2) is 8.42 Å². The van der Waals surface area contributed by atoms with Gasteiger partial charge in [0.25, 0.3) is 10.0 Å². The van der Waals surface area contributed by atoms with Crippen molar-refractivity contribution in [1.29, 1.82) is 0 Å². The third-order valence-corrected chi connectivity index (χ3v) is 4.64. The Morgan fingerprint density at radius 1 is 1.43 bits per heavy atom. The molecule has 0 aromatic carbocycles. The van der Waals surface area contributed by atoms with E-state index in [0.29, 0.717) is 18.2 Å². The van der Waals surface area contributed by atoms with Gasteiger partial charge in [-0.1, -0.05) is 22.4 Å². The second-order valence-electron chi connectivity index (χ2n) is 3.22. The van der Waals surface area contributed by atoms with Gasteiger partial charge >= 0.3 is 5.76 Å². The Hall–Kier alpha value is 0.250. The lowest BCUT2D eigenvalue weighted by atomic mass is 10.1. The fourth-order valence-corrected chi connectivity index (χ4v) is 3.61. The highest BCUT2D eigenvalue weighted by Gasteiger charge is 2.37. The molecule has 0 saturated carbocycles. The first-order valence-corrected chi connectivity index (χ1v) is 6.97. The molecule has 1 saturated heterocycles. The van der Waals surface area contributed by atoms with E-state index < -0.39 is 15.8 Å².